The molecule has 0 bridgehead atoms. The Kier molecular flexibility index (Phi) is 5.09. The lowest BCUT2D eigenvalue weighted by molar-refractivity contribution is 0.452. The molecule has 0 spiro atoms. The van der Waals surface area contributed by atoms with Gasteiger partial charge in [0.15, 0.2) is 0 Å². The normalized spacial score (nSPS) is 13.2. The highest BCUT2D eigenvalue weighted by Crippen LogP contribution is 2.35. The molecule has 122 valence electrons. The number of hydrogen-bond donors (Lipinski definition) is 1. The van der Waals surface area contributed by atoms with E-state index in [1.54, 1.807) is 6.07 Å². The Morgan fingerprint density at radius 3 is 2.61 bits per heavy atom. The predicted octanol–water partition coefficient (Wildman–Crippen LogP) is 5.21. The van der Waals surface area contributed by atoms with Crippen molar-refractivity contribution in [3.8, 4) is 5.75 Å². The second kappa shape index (κ2) is 6.86. The van der Waals surface area contributed by atoms with Crippen LogP contribution in [0.4, 0.5) is 0 Å². The quantitative estimate of drug-likeness (QED) is 0.622. The second-order valence-electron chi connectivity index (χ2n) is 6.29. The van der Waals surface area contributed by atoms with E-state index in [2.05, 4.69) is 26.0 Å². The molecule has 0 unspecified atom stereocenters. The third-order valence-electron chi connectivity index (χ3n) is 4.23. The van der Waals surface area contributed by atoms with Crippen LogP contribution in [0.25, 0.3) is 11.0 Å². The maximum Gasteiger partial charge on any atom is 0.343 e. The van der Waals surface area contributed by atoms with E-state index in [0.29, 0.717) is 16.5 Å². The Labute approximate surface area is 137 Å². The Balaban J connectivity index is 2.53. The average Bonchev–Trinajstić information content (AvgIpc) is 2.46. The van der Waals surface area contributed by atoms with Crippen molar-refractivity contribution in [2.45, 2.75) is 47.0 Å². The molecule has 0 fully saturated rings. The largest absolute Gasteiger partial charge is 0.507 e. The number of allylic oxidation sites excluding steroid dienone is 4. The van der Waals surface area contributed by atoms with Gasteiger partial charge in [0.05, 0.1) is 10.9 Å². The summed E-state index contributed by atoms with van der Waals surface area (Å²) in [5, 5.41) is 11.3. The molecule has 1 N–H and O–H groups in total. The van der Waals surface area contributed by atoms with Crippen molar-refractivity contribution in [2.75, 3.05) is 0 Å². The number of fused-ring (bicyclic) bond motifs is 1. The summed E-state index contributed by atoms with van der Waals surface area (Å²) in [7, 11) is 0. The van der Waals surface area contributed by atoms with E-state index in [-0.39, 0.29) is 11.7 Å². The first-order valence-corrected chi connectivity index (χ1v) is 7.88. The van der Waals surface area contributed by atoms with E-state index in [1.165, 1.54) is 5.57 Å². The molecule has 1 aromatic heterocycles. The Bertz CT molecular complexity index is 834. The van der Waals surface area contributed by atoms with Crippen molar-refractivity contribution in [2.24, 2.45) is 0 Å². The molecule has 0 aliphatic heterocycles. The summed E-state index contributed by atoms with van der Waals surface area (Å²) in [6.45, 7) is 9.90. The third-order valence-corrected chi connectivity index (χ3v) is 4.23. The summed E-state index contributed by atoms with van der Waals surface area (Å²) < 4.78 is 5.41. The maximum atomic E-state index is 12.3. The fourth-order valence-corrected chi connectivity index (χ4v) is 2.68. The highest BCUT2D eigenvalue weighted by atomic mass is 16.4. The van der Waals surface area contributed by atoms with E-state index in [0.717, 1.165) is 17.6 Å². The summed E-state index contributed by atoms with van der Waals surface area (Å²) in [5.74, 6) is -0.155. The van der Waals surface area contributed by atoms with Gasteiger partial charge < -0.3 is 9.52 Å². The second-order valence-corrected chi connectivity index (χ2v) is 6.29. The topological polar surface area (TPSA) is 50.4 Å². The highest BCUT2D eigenvalue weighted by Gasteiger charge is 2.21. The number of aromatic hydroxyl groups is 1. The molecule has 3 nitrogen and oxygen atoms in total. The van der Waals surface area contributed by atoms with Gasteiger partial charge in [-0.05, 0) is 45.7 Å². The van der Waals surface area contributed by atoms with Gasteiger partial charge >= 0.3 is 5.63 Å². The summed E-state index contributed by atoms with van der Waals surface area (Å²) in [6.07, 6.45) is 5.03. The SMILES string of the molecule is CC(C)=CCC=C(C)[C@H](C)c1c(O)c2c(C)cccc2oc1=O. The summed E-state index contributed by atoms with van der Waals surface area (Å²) >= 11 is 0. The van der Waals surface area contributed by atoms with Crippen LogP contribution in [-0.4, -0.2) is 5.11 Å². The van der Waals surface area contributed by atoms with Crippen molar-refractivity contribution < 1.29 is 9.52 Å². The van der Waals surface area contributed by atoms with Gasteiger partial charge in [-0.25, -0.2) is 4.79 Å². The van der Waals surface area contributed by atoms with E-state index < -0.39 is 5.63 Å². The lowest BCUT2D eigenvalue weighted by Crippen LogP contribution is -2.12. The fourth-order valence-electron chi connectivity index (χ4n) is 2.68. The first-order valence-electron chi connectivity index (χ1n) is 7.88. The standard InChI is InChI=1S/C20H24O3/c1-12(2)8-6-9-13(3)15(5)18-19(21)17-14(4)10-7-11-16(17)23-20(18)22/h7-11,15,21H,6H2,1-5H3/t15-/m0/s1. The molecule has 0 aliphatic rings. The zero-order valence-corrected chi connectivity index (χ0v) is 14.4. The average molecular weight is 312 g/mol. The fraction of sp³-hybridized carbons (Fsp3) is 0.350. The minimum Gasteiger partial charge on any atom is -0.507 e. The molecule has 2 aromatic rings. The van der Waals surface area contributed by atoms with Gasteiger partial charge in [0.1, 0.15) is 11.3 Å². The molecule has 1 heterocycles. The van der Waals surface area contributed by atoms with Crippen LogP contribution in [0.5, 0.6) is 5.75 Å². The van der Waals surface area contributed by atoms with Crippen LogP contribution in [0.15, 0.2) is 50.7 Å². The third kappa shape index (κ3) is 3.55. The molecule has 3 heteroatoms. The number of aryl methyl sites for hydroxylation is 1. The smallest absolute Gasteiger partial charge is 0.343 e. The molecular formula is C20H24O3. The van der Waals surface area contributed by atoms with Crippen molar-refractivity contribution in [1.82, 2.24) is 0 Å². The molecular weight excluding hydrogens is 288 g/mol. The zero-order valence-electron chi connectivity index (χ0n) is 14.4. The minimum absolute atomic E-state index is 0.0387. The number of rotatable bonds is 4. The van der Waals surface area contributed by atoms with E-state index in [1.807, 2.05) is 32.9 Å². The van der Waals surface area contributed by atoms with Gasteiger partial charge in [-0.15, -0.1) is 0 Å². The van der Waals surface area contributed by atoms with E-state index >= 15 is 0 Å². The monoisotopic (exact) mass is 312 g/mol. The summed E-state index contributed by atoms with van der Waals surface area (Å²) in [4.78, 5) is 12.3. The van der Waals surface area contributed by atoms with E-state index in [4.69, 9.17) is 4.42 Å². The molecule has 0 amide bonds. The van der Waals surface area contributed by atoms with Crippen LogP contribution < -0.4 is 5.63 Å². The van der Waals surface area contributed by atoms with Gasteiger partial charge in [0.2, 0.25) is 0 Å². The highest BCUT2D eigenvalue weighted by molar-refractivity contribution is 5.87. The van der Waals surface area contributed by atoms with Gasteiger partial charge in [0.25, 0.3) is 0 Å². The van der Waals surface area contributed by atoms with Crippen molar-refractivity contribution in [1.29, 1.82) is 0 Å². The molecule has 0 aliphatic carbocycles. The summed E-state index contributed by atoms with van der Waals surface area (Å²) in [5.41, 5.74) is 3.47. The Morgan fingerprint density at radius 2 is 1.96 bits per heavy atom. The molecule has 23 heavy (non-hydrogen) atoms. The predicted molar refractivity (Wildman–Crippen MR) is 95.1 cm³/mol. The molecule has 0 radical (unpaired) electrons. The van der Waals surface area contributed by atoms with Gasteiger partial charge in [-0.2, -0.15) is 0 Å². The van der Waals surface area contributed by atoms with Crippen molar-refractivity contribution >= 4 is 11.0 Å². The Hall–Kier alpha value is -2.29. The van der Waals surface area contributed by atoms with Crippen LogP contribution in [0.1, 0.15) is 51.2 Å². The van der Waals surface area contributed by atoms with Crippen LogP contribution in [0.2, 0.25) is 0 Å². The van der Waals surface area contributed by atoms with Gasteiger partial charge in [-0.3, -0.25) is 0 Å². The van der Waals surface area contributed by atoms with Crippen LogP contribution in [-0.2, 0) is 0 Å². The van der Waals surface area contributed by atoms with Gasteiger partial charge in [0, 0.05) is 5.92 Å². The minimum atomic E-state index is -0.469. The van der Waals surface area contributed by atoms with Crippen LogP contribution in [0, 0.1) is 6.92 Å². The lowest BCUT2D eigenvalue weighted by Gasteiger charge is -2.15. The number of benzene rings is 1. The molecule has 1 aromatic carbocycles. The van der Waals surface area contributed by atoms with Crippen molar-refractivity contribution in [3.05, 3.63) is 63.0 Å². The Morgan fingerprint density at radius 1 is 1.26 bits per heavy atom. The molecule has 2 rings (SSSR count). The first kappa shape index (κ1) is 17.1. The molecule has 1 atom stereocenters. The first-order chi connectivity index (χ1) is 10.8. The van der Waals surface area contributed by atoms with Crippen molar-refractivity contribution in [3.63, 3.8) is 0 Å². The molecule has 0 saturated heterocycles. The number of hydrogen-bond acceptors (Lipinski definition) is 3. The molecule has 0 saturated carbocycles. The van der Waals surface area contributed by atoms with Crippen LogP contribution in [0.3, 0.4) is 0 Å². The summed E-state index contributed by atoms with van der Waals surface area (Å²) in [6, 6.07) is 5.41. The zero-order chi connectivity index (χ0) is 17.1. The lowest BCUT2D eigenvalue weighted by atomic mass is 9.92. The van der Waals surface area contributed by atoms with Crippen LogP contribution >= 0.6 is 0 Å². The van der Waals surface area contributed by atoms with Gasteiger partial charge in [-0.1, -0.05) is 42.4 Å². The van der Waals surface area contributed by atoms with E-state index in [9.17, 15) is 9.90 Å². The maximum absolute atomic E-state index is 12.3.